The molecule has 9 heteroatoms. The number of ketones is 3. The van der Waals surface area contributed by atoms with E-state index < -0.39 is 64.0 Å². The van der Waals surface area contributed by atoms with Gasteiger partial charge in [-0.1, -0.05) is 12.1 Å². The highest BCUT2D eigenvalue weighted by Crippen LogP contribution is 2.52. The van der Waals surface area contributed by atoms with Crippen molar-refractivity contribution in [2.75, 3.05) is 14.1 Å². The lowest BCUT2D eigenvalue weighted by Crippen LogP contribution is -2.70. The number of aromatic hydroxyl groups is 1. The van der Waals surface area contributed by atoms with Crippen LogP contribution in [0.5, 0.6) is 5.75 Å². The molecule has 0 spiro atoms. The van der Waals surface area contributed by atoms with E-state index in [2.05, 4.69) is 0 Å². The van der Waals surface area contributed by atoms with Crippen LogP contribution in [0.25, 0.3) is 5.76 Å². The fourth-order valence-corrected chi connectivity index (χ4v) is 5.30. The molecule has 1 fully saturated rings. The number of rotatable bonds is 2. The fourth-order valence-electron chi connectivity index (χ4n) is 5.30. The molecule has 4 rings (SSSR count). The molecule has 0 aliphatic heterocycles. The van der Waals surface area contributed by atoms with E-state index in [1.165, 1.54) is 25.1 Å². The Morgan fingerprint density at radius 2 is 1.81 bits per heavy atom. The van der Waals surface area contributed by atoms with Gasteiger partial charge in [0.15, 0.2) is 17.2 Å². The molecule has 164 valence electrons. The van der Waals surface area contributed by atoms with Gasteiger partial charge in [0, 0.05) is 11.5 Å². The van der Waals surface area contributed by atoms with E-state index in [1.807, 2.05) is 0 Å². The molecular weight excluding hydrogens is 406 g/mol. The molecule has 0 radical (unpaired) electrons. The summed E-state index contributed by atoms with van der Waals surface area (Å²) < 4.78 is 0. The van der Waals surface area contributed by atoms with Crippen LogP contribution in [0.15, 0.2) is 35.1 Å². The first-order valence-corrected chi connectivity index (χ1v) is 9.79. The minimum absolute atomic E-state index is 0.00246. The number of Topliss-reactive ketones (excluding diaryl/α,β-unsaturated/α-hetero) is 3. The number of aliphatic hydroxyl groups is 4. The van der Waals surface area contributed by atoms with Crippen LogP contribution in [0.2, 0.25) is 0 Å². The summed E-state index contributed by atoms with van der Waals surface area (Å²) in [5.41, 5.74) is -3.39. The van der Waals surface area contributed by atoms with Gasteiger partial charge in [-0.05, 0) is 39.1 Å². The summed E-state index contributed by atoms with van der Waals surface area (Å²) in [6, 6.07) is 3.23. The van der Waals surface area contributed by atoms with Crippen molar-refractivity contribution in [1.29, 1.82) is 0 Å². The third-order valence-corrected chi connectivity index (χ3v) is 6.65. The number of phenols is 1. The van der Waals surface area contributed by atoms with Crippen molar-refractivity contribution in [2.45, 2.75) is 31.1 Å². The molecular formula is C22H23NO8. The highest BCUT2D eigenvalue weighted by Gasteiger charge is 2.67. The molecule has 3 aliphatic rings. The van der Waals surface area contributed by atoms with Gasteiger partial charge >= 0.3 is 0 Å². The third-order valence-electron chi connectivity index (χ3n) is 6.65. The Bertz CT molecular complexity index is 1100. The maximum atomic E-state index is 13.6. The topological polar surface area (TPSA) is 156 Å². The predicted octanol–water partition coefficient (Wildman–Crippen LogP) is 0.0385. The van der Waals surface area contributed by atoms with Gasteiger partial charge in [0.2, 0.25) is 5.78 Å². The van der Waals surface area contributed by atoms with Crippen LogP contribution in [-0.2, 0) is 20.8 Å². The van der Waals surface area contributed by atoms with Crippen LogP contribution >= 0.6 is 0 Å². The van der Waals surface area contributed by atoms with Crippen LogP contribution in [0, 0.1) is 11.8 Å². The van der Waals surface area contributed by atoms with E-state index in [1.54, 1.807) is 12.1 Å². The van der Waals surface area contributed by atoms with Gasteiger partial charge in [-0.25, -0.2) is 0 Å². The lowest BCUT2D eigenvalue weighted by Gasteiger charge is -2.52. The number of carbonyl (C=O) groups excluding carboxylic acids is 3. The molecule has 0 bridgehead atoms. The molecule has 0 heterocycles. The van der Waals surface area contributed by atoms with Crippen LogP contribution in [-0.4, -0.2) is 79.6 Å². The number of hydrogen-bond acceptors (Lipinski definition) is 9. The van der Waals surface area contributed by atoms with Crippen LogP contribution in [0.3, 0.4) is 0 Å². The Morgan fingerprint density at radius 3 is 2.39 bits per heavy atom. The molecule has 0 amide bonds. The molecule has 5 N–H and O–H groups in total. The Labute approximate surface area is 177 Å². The molecule has 31 heavy (non-hydrogen) atoms. The van der Waals surface area contributed by atoms with E-state index in [9.17, 15) is 39.9 Å². The molecule has 1 saturated carbocycles. The zero-order valence-corrected chi connectivity index (χ0v) is 17.2. The zero-order chi connectivity index (χ0) is 23.0. The van der Waals surface area contributed by atoms with E-state index in [4.69, 9.17) is 0 Å². The normalized spacial score (nSPS) is 32.7. The van der Waals surface area contributed by atoms with Gasteiger partial charge in [0.25, 0.3) is 0 Å². The lowest BCUT2D eigenvalue weighted by atomic mass is 9.56. The van der Waals surface area contributed by atoms with Crippen molar-refractivity contribution in [3.63, 3.8) is 0 Å². The minimum Gasteiger partial charge on any atom is -0.508 e. The van der Waals surface area contributed by atoms with E-state index in [-0.39, 0.29) is 23.3 Å². The molecule has 3 aliphatic carbocycles. The number of nitrogens with zero attached hydrogens (tertiary/aromatic N) is 1. The molecule has 5 atom stereocenters. The van der Waals surface area contributed by atoms with Crippen molar-refractivity contribution >= 4 is 23.1 Å². The number of hydrogen-bond donors (Lipinski definition) is 5. The third kappa shape index (κ3) is 2.57. The standard InChI is InChI=1S/C22H23NO8/c1-8(24)12-19(28)16(23(2)3)15-17(26)10-7-9-5-4-6-11(25)13(9)18(27)14(10)21(30)22(15,31)20(12)29/h4-6,10,15-17,25-27,29,31H,7H2,1-3H3/t10-,15-,16+,17-,22-/m1/s1. The summed E-state index contributed by atoms with van der Waals surface area (Å²) in [5.74, 6) is -7.26. The first-order chi connectivity index (χ1) is 14.4. The van der Waals surface area contributed by atoms with Crippen molar-refractivity contribution in [1.82, 2.24) is 4.90 Å². The highest BCUT2D eigenvalue weighted by atomic mass is 16.4. The van der Waals surface area contributed by atoms with E-state index in [0.29, 0.717) is 5.56 Å². The van der Waals surface area contributed by atoms with Gasteiger partial charge < -0.3 is 25.5 Å². The molecule has 0 aromatic heterocycles. The fraction of sp³-hybridized carbons (Fsp3) is 0.409. The SMILES string of the molecule is CC(=O)C1=C(O)[C@@]2(O)C(=O)C3=C(O)c4c(O)cccc4C[C@H]3[C@@H](O)[C@H]2[C@H](N(C)C)C1=O. The molecule has 0 unspecified atom stereocenters. The quantitative estimate of drug-likeness (QED) is 0.410. The summed E-state index contributed by atoms with van der Waals surface area (Å²) in [7, 11) is 2.99. The lowest BCUT2D eigenvalue weighted by molar-refractivity contribution is -0.168. The maximum Gasteiger partial charge on any atom is 0.202 e. The molecule has 1 aromatic rings. The smallest absolute Gasteiger partial charge is 0.202 e. The molecule has 1 aromatic carbocycles. The van der Waals surface area contributed by atoms with Crippen LogP contribution in [0.4, 0.5) is 0 Å². The minimum atomic E-state index is -2.80. The number of benzene rings is 1. The van der Waals surface area contributed by atoms with Crippen LogP contribution < -0.4 is 0 Å². The van der Waals surface area contributed by atoms with Gasteiger partial charge in [-0.15, -0.1) is 0 Å². The number of aliphatic hydroxyl groups excluding tert-OH is 3. The second-order valence-corrected chi connectivity index (χ2v) is 8.55. The number of carbonyl (C=O) groups is 3. The molecule has 9 nitrogen and oxygen atoms in total. The monoisotopic (exact) mass is 429 g/mol. The maximum absolute atomic E-state index is 13.6. The van der Waals surface area contributed by atoms with Crippen molar-refractivity contribution in [3.05, 3.63) is 46.2 Å². The van der Waals surface area contributed by atoms with Gasteiger partial charge in [-0.2, -0.15) is 0 Å². The summed E-state index contributed by atoms with van der Waals surface area (Å²) >= 11 is 0. The summed E-state index contributed by atoms with van der Waals surface area (Å²) in [6.07, 6.45) is -1.47. The largest absolute Gasteiger partial charge is 0.508 e. The first-order valence-electron chi connectivity index (χ1n) is 9.79. The zero-order valence-electron chi connectivity index (χ0n) is 17.2. The summed E-state index contributed by atoms with van der Waals surface area (Å²) in [5, 5.41) is 54.5. The van der Waals surface area contributed by atoms with E-state index in [0.717, 1.165) is 6.92 Å². The van der Waals surface area contributed by atoms with Crippen molar-refractivity contribution in [2.24, 2.45) is 11.8 Å². The van der Waals surface area contributed by atoms with E-state index >= 15 is 0 Å². The first kappa shape index (κ1) is 21.2. The predicted molar refractivity (Wildman–Crippen MR) is 107 cm³/mol. The van der Waals surface area contributed by atoms with Gasteiger partial charge in [0.05, 0.1) is 23.6 Å². The van der Waals surface area contributed by atoms with Crippen molar-refractivity contribution < 1.29 is 39.9 Å². The second-order valence-electron chi connectivity index (χ2n) is 8.55. The summed E-state index contributed by atoms with van der Waals surface area (Å²) in [6.45, 7) is 1.03. The van der Waals surface area contributed by atoms with Gasteiger partial charge in [0.1, 0.15) is 22.8 Å². The van der Waals surface area contributed by atoms with Gasteiger partial charge in [-0.3, -0.25) is 19.3 Å². The molecule has 0 saturated heterocycles. The highest BCUT2D eigenvalue weighted by molar-refractivity contribution is 6.25. The van der Waals surface area contributed by atoms with Crippen LogP contribution in [0.1, 0.15) is 18.1 Å². The average molecular weight is 429 g/mol. The van der Waals surface area contributed by atoms with Crippen molar-refractivity contribution in [3.8, 4) is 5.75 Å². The Balaban J connectivity index is 2.03. The second kappa shape index (κ2) is 6.74. The Morgan fingerprint density at radius 1 is 1.16 bits per heavy atom. The summed E-state index contributed by atoms with van der Waals surface area (Å²) in [4.78, 5) is 40.1. The average Bonchev–Trinajstić information content (AvgIpc) is 2.67. The number of likely N-dealkylation sites (N-methyl/N-ethyl adjacent to an activating group) is 1. The Kier molecular flexibility index (Phi) is 4.62. The Hall–Kier alpha value is -3.01. The number of fused-ring (bicyclic) bond motifs is 3. The number of phenolic OH excluding ortho intramolecular Hbond substituents is 1.